The Morgan fingerprint density at radius 1 is 0.875 bits per heavy atom. The van der Waals surface area contributed by atoms with Crippen molar-refractivity contribution in [2.45, 2.75) is 0 Å². The highest BCUT2D eigenvalue weighted by Gasteiger charge is 2.16. The SMILES string of the molecule is O=C(OCC(=O)c1cc(F)ccc1F)c1ccc2ccccc2c1. The lowest BCUT2D eigenvalue weighted by Crippen LogP contribution is -2.15. The van der Waals surface area contributed by atoms with Gasteiger partial charge in [-0.3, -0.25) is 4.79 Å². The van der Waals surface area contributed by atoms with E-state index in [1.54, 1.807) is 18.2 Å². The number of carbonyl (C=O) groups is 2. The first-order valence-corrected chi connectivity index (χ1v) is 7.19. The van der Waals surface area contributed by atoms with Gasteiger partial charge in [0.25, 0.3) is 0 Å². The van der Waals surface area contributed by atoms with Gasteiger partial charge >= 0.3 is 5.97 Å². The first-order chi connectivity index (χ1) is 11.5. The summed E-state index contributed by atoms with van der Waals surface area (Å²) < 4.78 is 31.5. The van der Waals surface area contributed by atoms with Gasteiger partial charge in [-0.1, -0.05) is 30.3 Å². The fourth-order valence-electron chi connectivity index (χ4n) is 2.32. The van der Waals surface area contributed by atoms with Crippen LogP contribution in [0.1, 0.15) is 20.7 Å². The summed E-state index contributed by atoms with van der Waals surface area (Å²) in [5, 5.41) is 1.82. The molecule has 3 rings (SSSR count). The molecule has 0 radical (unpaired) electrons. The van der Waals surface area contributed by atoms with Gasteiger partial charge in [0.1, 0.15) is 11.6 Å². The molecular weight excluding hydrogens is 314 g/mol. The van der Waals surface area contributed by atoms with Crippen molar-refractivity contribution >= 4 is 22.5 Å². The molecule has 3 nitrogen and oxygen atoms in total. The summed E-state index contributed by atoms with van der Waals surface area (Å²) in [4.78, 5) is 23.9. The molecule has 0 aliphatic rings. The van der Waals surface area contributed by atoms with Gasteiger partial charge in [-0.15, -0.1) is 0 Å². The van der Waals surface area contributed by atoms with E-state index in [0.717, 1.165) is 29.0 Å². The summed E-state index contributed by atoms with van der Waals surface area (Å²) in [5.41, 5.74) is -0.164. The summed E-state index contributed by atoms with van der Waals surface area (Å²) in [6, 6.07) is 15.0. The van der Waals surface area contributed by atoms with Crippen molar-refractivity contribution in [2.24, 2.45) is 0 Å². The number of benzene rings is 3. The summed E-state index contributed by atoms with van der Waals surface area (Å²) in [5.74, 6) is -3.10. The van der Waals surface area contributed by atoms with Gasteiger partial charge in [0.15, 0.2) is 6.61 Å². The van der Waals surface area contributed by atoms with Crippen LogP contribution in [-0.4, -0.2) is 18.4 Å². The molecule has 0 N–H and O–H groups in total. The minimum atomic E-state index is -0.858. The molecule has 0 aliphatic carbocycles. The van der Waals surface area contributed by atoms with Crippen LogP contribution in [0.25, 0.3) is 10.8 Å². The molecule has 120 valence electrons. The summed E-state index contributed by atoms with van der Waals surface area (Å²) in [6.45, 7) is -0.661. The number of halogens is 2. The first kappa shape index (κ1) is 15.8. The number of Topliss-reactive ketones (excluding diaryl/α,β-unsaturated/α-hetero) is 1. The molecule has 0 bridgehead atoms. The zero-order chi connectivity index (χ0) is 17.1. The zero-order valence-electron chi connectivity index (χ0n) is 12.5. The quantitative estimate of drug-likeness (QED) is 0.534. The van der Waals surface area contributed by atoms with Gasteiger partial charge in [-0.2, -0.15) is 0 Å². The molecule has 0 saturated carbocycles. The predicted molar refractivity (Wildman–Crippen MR) is 84.9 cm³/mol. The number of rotatable bonds is 4. The fraction of sp³-hybridized carbons (Fsp3) is 0.0526. The Labute approximate surface area is 136 Å². The molecular formula is C19H12F2O3. The third kappa shape index (κ3) is 3.30. The number of ether oxygens (including phenoxy) is 1. The molecule has 0 aliphatic heterocycles. The number of hydrogen-bond acceptors (Lipinski definition) is 3. The standard InChI is InChI=1S/C19H12F2O3/c20-15-7-8-17(21)16(10-15)18(22)11-24-19(23)14-6-5-12-3-1-2-4-13(12)9-14/h1-10H,11H2. The zero-order valence-corrected chi connectivity index (χ0v) is 12.5. The Morgan fingerprint density at radius 2 is 1.62 bits per heavy atom. The van der Waals surface area contributed by atoms with Crippen LogP contribution in [0.4, 0.5) is 8.78 Å². The molecule has 0 aromatic heterocycles. The van der Waals surface area contributed by atoms with Gasteiger partial charge in [-0.25, -0.2) is 13.6 Å². The van der Waals surface area contributed by atoms with Gasteiger partial charge in [0.2, 0.25) is 5.78 Å². The largest absolute Gasteiger partial charge is 0.454 e. The number of esters is 1. The van der Waals surface area contributed by atoms with Crippen molar-refractivity contribution in [1.82, 2.24) is 0 Å². The number of carbonyl (C=O) groups excluding carboxylic acids is 2. The van der Waals surface area contributed by atoms with Crippen molar-refractivity contribution in [1.29, 1.82) is 0 Å². The van der Waals surface area contributed by atoms with E-state index >= 15 is 0 Å². The lowest BCUT2D eigenvalue weighted by Gasteiger charge is -2.06. The molecule has 5 heteroatoms. The maximum absolute atomic E-state index is 13.5. The van der Waals surface area contributed by atoms with E-state index in [4.69, 9.17) is 4.74 Å². The Morgan fingerprint density at radius 3 is 2.42 bits per heavy atom. The second-order valence-electron chi connectivity index (χ2n) is 5.19. The smallest absolute Gasteiger partial charge is 0.338 e. The average molecular weight is 326 g/mol. The van der Waals surface area contributed by atoms with Gasteiger partial charge < -0.3 is 4.74 Å². The van der Waals surface area contributed by atoms with Crippen molar-refractivity contribution in [2.75, 3.05) is 6.61 Å². The van der Waals surface area contributed by atoms with Crippen LogP contribution >= 0.6 is 0 Å². The van der Waals surface area contributed by atoms with Crippen LogP contribution in [0.2, 0.25) is 0 Å². The Kier molecular flexibility index (Phi) is 4.33. The predicted octanol–water partition coefficient (Wildman–Crippen LogP) is 4.16. The normalized spacial score (nSPS) is 10.6. The molecule has 0 heterocycles. The first-order valence-electron chi connectivity index (χ1n) is 7.19. The molecule has 3 aromatic carbocycles. The Bertz CT molecular complexity index is 935. The number of ketones is 1. The highest BCUT2D eigenvalue weighted by atomic mass is 19.1. The lowest BCUT2D eigenvalue weighted by molar-refractivity contribution is 0.0473. The topological polar surface area (TPSA) is 43.4 Å². The van der Waals surface area contributed by atoms with Gasteiger partial charge in [0.05, 0.1) is 11.1 Å². The minimum absolute atomic E-state index is 0.279. The van der Waals surface area contributed by atoms with Crippen molar-refractivity contribution in [3.05, 3.63) is 83.4 Å². The van der Waals surface area contributed by atoms with Crippen LogP contribution in [0, 0.1) is 11.6 Å². The molecule has 0 amide bonds. The fourth-order valence-corrected chi connectivity index (χ4v) is 2.32. The Hall–Kier alpha value is -3.08. The van der Waals surface area contributed by atoms with Crippen molar-refractivity contribution < 1.29 is 23.1 Å². The molecule has 0 atom stereocenters. The monoisotopic (exact) mass is 326 g/mol. The molecule has 0 saturated heterocycles. The van der Waals surface area contributed by atoms with E-state index in [2.05, 4.69) is 0 Å². The van der Waals surface area contributed by atoms with Crippen LogP contribution in [0.15, 0.2) is 60.7 Å². The molecule has 0 unspecified atom stereocenters. The van der Waals surface area contributed by atoms with Crippen LogP contribution in [0.5, 0.6) is 0 Å². The van der Waals surface area contributed by atoms with E-state index in [9.17, 15) is 18.4 Å². The van der Waals surface area contributed by atoms with E-state index in [-0.39, 0.29) is 5.56 Å². The maximum Gasteiger partial charge on any atom is 0.338 e. The van der Waals surface area contributed by atoms with Gasteiger partial charge in [-0.05, 0) is 41.1 Å². The minimum Gasteiger partial charge on any atom is -0.454 e. The van der Waals surface area contributed by atoms with Crippen molar-refractivity contribution in [3.8, 4) is 0 Å². The second-order valence-corrected chi connectivity index (χ2v) is 5.19. The number of hydrogen-bond donors (Lipinski definition) is 0. The van der Waals surface area contributed by atoms with E-state index in [1.807, 2.05) is 24.3 Å². The van der Waals surface area contributed by atoms with E-state index in [0.29, 0.717) is 0 Å². The second kappa shape index (κ2) is 6.58. The number of fused-ring (bicyclic) bond motifs is 1. The van der Waals surface area contributed by atoms with Crippen LogP contribution in [0.3, 0.4) is 0 Å². The average Bonchev–Trinajstić information content (AvgIpc) is 2.61. The Balaban J connectivity index is 1.72. The highest BCUT2D eigenvalue weighted by molar-refractivity contribution is 6.00. The van der Waals surface area contributed by atoms with Crippen LogP contribution in [-0.2, 0) is 4.74 Å². The molecule has 0 fully saturated rings. The molecule has 24 heavy (non-hydrogen) atoms. The van der Waals surface area contributed by atoms with E-state index < -0.39 is 35.6 Å². The van der Waals surface area contributed by atoms with Crippen LogP contribution < -0.4 is 0 Å². The molecule has 3 aromatic rings. The summed E-state index contributed by atoms with van der Waals surface area (Å²) >= 11 is 0. The van der Waals surface area contributed by atoms with Crippen molar-refractivity contribution in [3.63, 3.8) is 0 Å². The molecule has 0 spiro atoms. The lowest BCUT2D eigenvalue weighted by atomic mass is 10.1. The van der Waals surface area contributed by atoms with Gasteiger partial charge in [0, 0.05) is 0 Å². The summed E-state index contributed by atoms with van der Waals surface area (Å²) in [6.07, 6.45) is 0. The maximum atomic E-state index is 13.5. The third-order valence-corrected chi connectivity index (χ3v) is 3.55. The third-order valence-electron chi connectivity index (χ3n) is 3.55. The van der Waals surface area contributed by atoms with E-state index in [1.165, 1.54) is 0 Å². The highest BCUT2D eigenvalue weighted by Crippen LogP contribution is 2.16. The summed E-state index contributed by atoms with van der Waals surface area (Å²) in [7, 11) is 0.